The largest absolute Gasteiger partial charge is 0.493 e. The average Bonchev–Trinajstić information content (AvgIpc) is 3.00. The van der Waals surface area contributed by atoms with Crippen molar-refractivity contribution in [3.63, 3.8) is 0 Å². The van der Waals surface area contributed by atoms with Gasteiger partial charge in [0.1, 0.15) is 0 Å². The lowest BCUT2D eigenvalue weighted by Crippen LogP contribution is -2.40. The van der Waals surface area contributed by atoms with Crippen molar-refractivity contribution < 1.29 is 19.1 Å². The first-order valence-corrected chi connectivity index (χ1v) is 8.32. The van der Waals surface area contributed by atoms with Gasteiger partial charge < -0.3 is 19.2 Å². The van der Waals surface area contributed by atoms with E-state index >= 15 is 0 Å². The monoisotopic (exact) mass is 332 g/mol. The van der Waals surface area contributed by atoms with Crippen molar-refractivity contribution in [3.8, 4) is 11.5 Å². The lowest BCUT2D eigenvalue weighted by molar-refractivity contribution is -0.138. The number of methoxy groups -OCH3 is 2. The van der Waals surface area contributed by atoms with E-state index in [0.717, 1.165) is 30.5 Å². The Kier molecular flexibility index (Phi) is 4.92. The minimum absolute atomic E-state index is 0.0953. The molecule has 1 unspecified atom stereocenters. The molecule has 3 rings (SSSR count). The Morgan fingerprint density at radius 1 is 1.29 bits per heavy atom. The number of nitrogens with zero attached hydrogens (tertiary/aromatic N) is 2. The van der Waals surface area contributed by atoms with Crippen LogP contribution in [0.4, 0.5) is 0 Å². The van der Waals surface area contributed by atoms with Crippen molar-refractivity contribution in [1.29, 1.82) is 0 Å². The highest BCUT2D eigenvalue weighted by Crippen LogP contribution is 2.30. The SMILES string of the molecule is COc1ccc(C2=NOC(CN(C)C(=O)C3CCC3)C2)cc1OC. The second kappa shape index (κ2) is 7.11. The zero-order valence-electron chi connectivity index (χ0n) is 14.4. The van der Waals surface area contributed by atoms with Gasteiger partial charge in [0.25, 0.3) is 0 Å². The number of rotatable bonds is 6. The fraction of sp³-hybridized carbons (Fsp3) is 0.556. The third kappa shape index (κ3) is 3.32. The van der Waals surface area contributed by atoms with Gasteiger partial charge in [-0.1, -0.05) is 11.6 Å². The maximum atomic E-state index is 12.2. The number of ether oxygens (including phenoxy) is 2. The van der Waals surface area contributed by atoms with Crippen LogP contribution >= 0.6 is 0 Å². The van der Waals surface area contributed by atoms with Crippen LogP contribution in [0.3, 0.4) is 0 Å². The Bertz CT molecular complexity index is 640. The molecule has 1 fully saturated rings. The summed E-state index contributed by atoms with van der Waals surface area (Å²) in [6, 6.07) is 5.69. The zero-order chi connectivity index (χ0) is 17.1. The molecule has 1 saturated carbocycles. The van der Waals surface area contributed by atoms with E-state index in [2.05, 4.69) is 5.16 Å². The van der Waals surface area contributed by atoms with Crippen molar-refractivity contribution in [1.82, 2.24) is 4.90 Å². The lowest BCUT2D eigenvalue weighted by Gasteiger charge is -2.30. The maximum absolute atomic E-state index is 12.2. The quantitative estimate of drug-likeness (QED) is 0.803. The number of likely N-dealkylation sites (N-methyl/N-ethyl adjacent to an activating group) is 1. The summed E-state index contributed by atoms with van der Waals surface area (Å²) >= 11 is 0. The molecule has 1 heterocycles. The second-order valence-electron chi connectivity index (χ2n) is 6.39. The number of benzene rings is 1. The van der Waals surface area contributed by atoms with Crippen LogP contribution in [0.15, 0.2) is 23.4 Å². The van der Waals surface area contributed by atoms with Gasteiger partial charge in [0.15, 0.2) is 17.6 Å². The van der Waals surface area contributed by atoms with Crippen LogP contribution in [0.2, 0.25) is 0 Å². The predicted octanol–water partition coefficient (Wildman–Crippen LogP) is 2.46. The highest BCUT2D eigenvalue weighted by molar-refractivity contribution is 6.01. The van der Waals surface area contributed by atoms with Gasteiger partial charge in [-0.25, -0.2) is 0 Å². The average molecular weight is 332 g/mol. The van der Waals surface area contributed by atoms with Gasteiger partial charge in [-0.15, -0.1) is 0 Å². The Labute approximate surface area is 142 Å². The van der Waals surface area contributed by atoms with Gasteiger partial charge in [0.05, 0.1) is 26.5 Å². The molecule has 24 heavy (non-hydrogen) atoms. The number of oxime groups is 1. The van der Waals surface area contributed by atoms with E-state index in [1.165, 1.54) is 0 Å². The highest BCUT2D eigenvalue weighted by Gasteiger charge is 2.31. The normalized spacial score (nSPS) is 20.0. The summed E-state index contributed by atoms with van der Waals surface area (Å²) in [7, 11) is 5.07. The fourth-order valence-electron chi connectivity index (χ4n) is 3.07. The van der Waals surface area contributed by atoms with E-state index < -0.39 is 0 Å². The van der Waals surface area contributed by atoms with Gasteiger partial charge in [-0.05, 0) is 31.0 Å². The number of carbonyl (C=O) groups excluding carboxylic acids is 1. The Balaban J connectivity index is 1.59. The minimum Gasteiger partial charge on any atom is -0.493 e. The molecule has 1 aromatic carbocycles. The van der Waals surface area contributed by atoms with E-state index in [1.807, 2.05) is 25.2 Å². The molecule has 1 aliphatic heterocycles. The smallest absolute Gasteiger partial charge is 0.225 e. The van der Waals surface area contributed by atoms with Crippen LogP contribution in [0, 0.1) is 5.92 Å². The van der Waals surface area contributed by atoms with E-state index in [1.54, 1.807) is 19.1 Å². The van der Waals surface area contributed by atoms with Crippen LogP contribution in [0.25, 0.3) is 0 Å². The summed E-state index contributed by atoms with van der Waals surface area (Å²) < 4.78 is 10.6. The van der Waals surface area contributed by atoms with Gasteiger partial charge in [0, 0.05) is 24.9 Å². The predicted molar refractivity (Wildman–Crippen MR) is 90.6 cm³/mol. The van der Waals surface area contributed by atoms with E-state index in [9.17, 15) is 4.79 Å². The van der Waals surface area contributed by atoms with Crippen molar-refractivity contribution in [2.24, 2.45) is 11.1 Å². The van der Waals surface area contributed by atoms with Crippen LogP contribution in [-0.4, -0.2) is 50.4 Å². The topological polar surface area (TPSA) is 60.4 Å². The highest BCUT2D eigenvalue weighted by atomic mass is 16.6. The third-order valence-electron chi connectivity index (χ3n) is 4.76. The number of hydrogen-bond acceptors (Lipinski definition) is 5. The van der Waals surface area contributed by atoms with E-state index in [4.69, 9.17) is 14.3 Å². The molecule has 0 bridgehead atoms. The van der Waals surface area contributed by atoms with Crippen LogP contribution in [-0.2, 0) is 9.63 Å². The summed E-state index contributed by atoms with van der Waals surface area (Å²) in [6.45, 7) is 0.565. The molecule has 2 aliphatic rings. The first-order valence-electron chi connectivity index (χ1n) is 8.32. The van der Waals surface area contributed by atoms with Gasteiger partial charge in [-0.2, -0.15) is 0 Å². The van der Waals surface area contributed by atoms with Crippen LogP contribution < -0.4 is 9.47 Å². The molecule has 0 radical (unpaired) electrons. The van der Waals surface area contributed by atoms with Crippen molar-refractivity contribution in [2.75, 3.05) is 27.8 Å². The van der Waals surface area contributed by atoms with Crippen LogP contribution in [0.5, 0.6) is 11.5 Å². The fourth-order valence-corrected chi connectivity index (χ4v) is 3.07. The number of amides is 1. The van der Waals surface area contributed by atoms with Gasteiger partial charge >= 0.3 is 0 Å². The van der Waals surface area contributed by atoms with E-state index in [0.29, 0.717) is 24.5 Å². The van der Waals surface area contributed by atoms with Crippen LogP contribution in [0.1, 0.15) is 31.2 Å². The Hall–Kier alpha value is -2.24. The van der Waals surface area contributed by atoms with E-state index in [-0.39, 0.29) is 17.9 Å². The molecule has 0 spiro atoms. The molecule has 0 aromatic heterocycles. The molecule has 0 saturated heterocycles. The molecule has 1 aliphatic carbocycles. The summed E-state index contributed by atoms with van der Waals surface area (Å²) in [5.41, 5.74) is 1.81. The maximum Gasteiger partial charge on any atom is 0.225 e. The van der Waals surface area contributed by atoms with Gasteiger partial charge in [-0.3, -0.25) is 4.79 Å². The molecular weight excluding hydrogens is 308 g/mol. The molecule has 1 amide bonds. The lowest BCUT2D eigenvalue weighted by atomic mass is 9.84. The Morgan fingerprint density at radius 3 is 2.67 bits per heavy atom. The molecule has 130 valence electrons. The second-order valence-corrected chi connectivity index (χ2v) is 6.39. The number of hydrogen-bond donors (Lipinski definition) is 0. The molecule has 1 aromatic rings. The Morgan fingerprint density at radius 2 is 2.04 bits per heavy atom. The minimum atomic E-state index is -0.0953. The molecule has 6 heteroatoms. The molecule has 1 atom stereocenters. The van der Waals surface area contributed by atoms with Crippen molar-refractivity contribution >= 4 is 11.6 Å². The summed E-state index contributed by atoms with van der Waals surface area (Å²) in [5.74, 6) is 1.79. The first-order chi connectivity index (χ1) is 11.6. The zero-order valence-corrected chi connectivity index (χ0v) is 14.4. The van der Waals surface area contributed by atoms with Gasteiger partial charge in [0.2, 0.25) is 5.91 Å². The standard InChI is InChI=1S/C18H24N2O4/c1-20(18(21)12-5-4-6-12)11-14-10-15(19-24-14)13-7-8-16(22-2)17(9-13)23-3/h7-9,12,14H,4-6,10-11H2,1-3H3. The van der Waals surface area contributed by atoms with Crippen molar-refractivity contribution in [3.05, 3.63) is 23.8 Å². The first kappa shape index (κ1) is 16.6. The molecular formula is C18H24N2O4. The summed E-state index contributed by atoms with van der Waals surface area (Å²) in [6.07, 6.45) is 3.78. The summed E-state index contributed by atoms with van der Waals surface area (Å²) in [4.78, 5) is 19.5. The molecule has 0 N–H and O–H groups in total. The number of carbonyl (C=O) groups is 1. The summed E-state index contributed by atoms with van der Waals surface area (Å²) in [5, 5.41) is 4.19. The molecule has 6 nitrogen and oxygen atoms in total. The van der Waals surface area contributed by atoms with Crippen molar-refractivity contribution in [2.45, 2.75) is 31.8 Å². The third-order valence-corrected chi connectivity index (χ3v) is 4.76.